The van der Waals surface area contributed by atoms with E-state index in [0.29, 0.717) is 24.5 Å². The third-order valence-electron chi connectivity index (χ3n) is 5.02. The molecular weight excluding hydrogens is 428 g/mol. The van der Waals surface area contributed by atoms with Gasteiger partial charge in [-0.3, -0.25) is 4.79 Å². The molecule has 1 aliphatic rings. The van der Waals surface area contributed by atoms with Gasteiger partial charge in [-0.15, -0.1) is 0 Å². The number of rotatable bonds is 7. The topological polar surface area (TPSA) is 58.6 Å². The van der Waals surface area contributed by atoms with Gasteiger partial charge in [0.2, 0.25) is 5.91 Å². The van der Waals surface area contributed by atoms with E-state index in [-0.39, 0.29) is 5.56 Å². The number of alkyl halides is 3. The van der Waals surface area contributed by atoms with E-state index in [1.54, 1.807) is 0 Å². The summed E-state index contributed by atoms with van der Waals surface area (Å²) in [5.41, 5.74) is -2.83. The Morgan fingerprint density at radius 3 is 2.35 bits per heavy atom. The minimum Gasteiger partial charge on any atom is -0.481 e. The van der Waals surface area contributed by atoms with E-state index in [2.05, 4.69) is 10.1 Å². The van der Waals surface area contributed by atoms with Gasteiger partial charge in [0.15, 0.2) is 18.2 Å². The average Bonchev–Trinajstić information content (AvgIpc) is 3.39. The van der Waals surface area contributed by atoms with Crippen LogP contribution >= 0.6 is 0 Å². The molecule has 4 nitrogen and oxygen atoms in total. The molecule has 1 saturated carbocycles. The molecule has 31 heavy (non-hydrogen) atoms. The highest BCUT2D eigenvalue weighted by Crippen LogP contribution is 2.47. The fourth-order valence-corrected chi connectivity index (χ4v) is 3.33. The van der Waals surface area contributed by atoms with E-state index in [1.807, 2.05) is 0 Å². The number of halogens is 6. The van der Waals surface area contributed by atoms with Crippen molar-refractivity contribution >= 4 is 5.91 Å². The standard InChI is InChI=1S/C21H19F6NO3/c1-19(30,14-4-3-13(22)9-16(14)24)10-18(29)28-20(6-7-20)12-2-5-15(23)17(8-12)31-11-21(25,26)27/h2-5,8-9,30H,6-7,10-11H2,1H3,(H,28,29)/t19-/m0/s1. The van der Waals surface area contributed by atoms with Crippen molar-refractivity contribution in [3.63, 3.8) is 0 Å². The van der Waals surface area contributed by atoms with Crippen LogP contribution in [0.1, 0.15) is 37.3 Å². The molecule has 0 spiro atoms. The van der Waals surface area contributed by atoms with Crippen molar-refractivity contribution in [3.05, 3.63) is 65.0 Å². The smallest absolute Gasteiger partial charge is 0.422 e. The molecule has 1 atom stereocenters. The number of hydrogen-bond donors (Lipinski definition) is 2. The van der Waals surface area contributed by atoms with Crippen molar-refractivity contribution in [1.82, 2.24) is 5.32 Å². The molecule has 2 N–H and O–H groups in total. The summed E-state index contributed by atoms with van der Waals surface area (Å²) in [4.78, 5) is 12.5. The molecule has 0 radical (unpaired) electrons. The minimum absolute atomic E-state index is 0.265. The van der Waals surface area contributed by atoms with Crippen LogP contribution in [0, 0.1) is 17.5 Å². The van der Waals surface area contributed by atoms with Gasteiger partial charge >= 0.3 is 6.18 Å². The third-order valence-corrected chi connectivity index (χ3v) is 5.02. The van der Waals surface area contributed by atoms with Gasteiger partial charge in [-0.2, -0.15) is 13.2 Å². The maximum atomic E-state index is 14.0. The van der Waals surface area contributed by atoms with Crippen molar-refractivity contribution in [1.29, 1.82) is 0 Å². The van der Waals surface area contributed by atoms with Crippen LogP contribution in [0.5, 0.6) is 5.75 Å². The Kier molecular flexibility index (Phi) is 5.96. The molecule has 1 fully saturated rings. The number of nitrogens with one attached hydrogen (secondary N) is 1. The first-order valence-electron chi connectivity index (χ1n) is 9.30. The molecule has 3 rings (SSSR count). The van der Waals surface area contributed by atoms with E-state index in [9.17, 15) is 36.2 Å². The Morgan fingerprint density at radius 1 is 1.10 bits per heavy atom. The van der Waals surface area contributed by atoms with Crippen molar-refractivity contribution in [2.24, 2.45) is 0 Å². The summed E-state index contributed by atoms with van der Waals surface area (Å²) in [5.74, 6) is -4.10. The molecule has 0 heterocycles. The van der Waals surface area contributed by atoms with Crippen LogP contribution in [-0.2, 0) is 15.9 Å². The number of ether oxygens (including phenoxy) is 1. The molecule has 10 heteroatoms. The highest BCUT2D eigenvalue weighted by molar-refractivity contribution is 5.79. The number of benzene rings is 2. The second-order valence-electron chi connectivity index (χ2n) is 7.75. The maximum Gasteiger partial charge on any atom is 0.422 e. The average molecular weight is 447 g/mol. The highest BCUT2D eigenvalue weighted by Gasteiger charge is 2.47. The molecule has 168 valence electrons. The van der Waals surface area contributed by atoms with Crippen molar-refractivity contribution in [2.45, 2.75) is 43.5 Å². The predicted octanol–water partition coefficient (Wildman–Crippen LogP) is 4.45. The lowest BCUT2D eigenvalue weighted by atomic mass is 9.91. The molecule has 1 aliphatic carbocycles. The number of carbonyl (C=O) groups excluding carboxylic acids is 1. The molecule has 0 aliphatic heterocycles. The van der Waals surface area contributed by atoms with Crippen molar-refractivity contribution in [2.75, 3.05) is 6.61 Å². The first-order chi connectivity index (χ1) is 14.3. The molecule has 2 aromatic rings. The number of amides is 1. The summed E-state index contributed by atoms with van der Waals surface area (Å²) in [7, 11) is 0. The Morgan fingerprint density at radius 2 is 1.77 bits per heavy atom. The van der Waals surface area contributed by atoms with Gasteiger partial charge in [0, 0.05) is 11.6 Å². The van der Waals surface area contributed by atoms with Gasteiger partial charge in [-0.1, -0.05) is 12.1 Å². The Bertz CT molecular complexity index is 986. The Labute approximate surface area is 173 Å². The van der Waals surface area contributed by atoms with Gasteiger partial charge in [0.25, 0.3) is 0 Å². The van der Waals surface area contributed by atoms with Crippen LogP contribution in [0.25, 0.3) is 0 Å². The van der Waals surface area contributed by atoms with Gasteiger partial charge < -0.3 is 15.2 Å². The normalized spacial score (nSPS) is 17.0. The van der Waals surface area contributed by atoms with E-state index < -0.39 is 59.5 Å². The second kappa shape index (κ2) is 8.07. The molecule has 0 saturated heterocycles. The zero-order valence-corrected chi connectivity index (χ0v) is 16.3. The second-order valence-corrected chi connectivity index (χ2v) is 7.75. The molecule has 0 bridgehead atoms. The van der Waals surface area contributed by atoms with Crippen LogP contribution < -0.4 is 10.1 Å². The van der Waals surface area contributed by atoms with Crippen molar-refractivity contribution in [3.8, 4) is 5.75 Å². The van der Waals surface area contributed by atoms with E-state index in [4.69, 9.17) is 0 Å². The highest BCUT2D eigenvalue weighted by atomic mass is 19.4. The largest absolute Gasteiger partial charge is 0.481 e. The number of carbonyl (C=O) groups is 1. The summed E-state index contributed by atoms with van der Waals surface area (Å²) in [6, 6.07) is 5.93. The maximum absolute atomic E-state index is 14.0. The Hall–Kier alpha value is -2.75. The molecule has 0 aromatic heterocycles. The summed E-state index contributed by atoms with van der Waals surface area (Å²) in [5, 5.41) is 13.2. The number of aliphatic hydroxyl groups is 1. The zero-order valence-electron chi connectivity index (χ0n) is 16.3. The Balaban J connectivity index is 1.73. The van der Waals surface area contributed by atoms with E-state index in [0.717, 1.165) is 24.3 Å². The molecular formula is C21H19F6NO3. The van der Waals surface area contributed by atoms with Crippen LogP contribution in [-0.4, -0.2) is 23.8 Å². The first kappa shape index (κ1) is 22.9. The number of hydrogen-bond acceptors (Lipinski definition) is 3. The lowest BCUT2D eigenvalue weighted by Crippen LogP contribution is -2.39. The van der Waals surface area contributed by atoms with Crippen LogP contribution in [0.15, 0.2) is 36.4 Å². The lowest BCUT2D eigenvalue weighted by molar-refractivity contribution is -0.153. The van der Waals surface area contributed by atoms with Gasteiger partial charge in [-0.05, 0) is 43.5 Å². The SMILES string of the molecule is C[C@](O)(CC(=O)NC1(c2ccc(F)c(OCC(F)(F)F)c2)CC1)c1ccc(F)cc1F. The lowest BCUT2D eigenvalue weighted by Gasteiger charge is -2.26. The van der Waals surface area contributed by atoms with Crippen LogP contribution in [0.2, 0.25) is 0 Å². The molecule has 0 unspecified atom stereocenters. The fraction of sp³-hybridized carbons (Fsp3) is 0.381. The van der Waals surface area contributed by atoms with Gasteiger partial charge in [0.1, 0.15) is 11.6 Å². The van der Waals surface area contributed by atoms with Gasteiger partial charge in [0.05, 0.1) is 17.6 Å². The predicted molar refractivity (Wildman–Crippen MR) is 97.6 cm³/mol. The minimum atomic E-state index is -4.64. The monoisotopic (exact) mass is 447 g/mol. The van der Waals surface area contributed by atoms with E-state index in [1.165, 1.54) is 13.0 Å². The first-order valence-corrected chi connectivity index (χ1v) is 9.30. The molecule has 1 amide bonds. The van der Waals surface area contributed by atoms with Crippen molar-refractivity contribution < 1.29 is 41.0 Å². The zero-order chi connectivity index (χ0) is 23.0. The fourth-order valence-electron chi connectivity index (χ4n) is 3.33. The van der Waals surface area contributed by atoms with Crippen LogP contribution in [0.3, 0.4) is 0 Å². The summed E-state index contributed by atoms with van der Waals surface area (Å²) in [6.45, 7) is -0.470. The third kappa shape index (κ3) is 5.49. The van der Waals surface area contributed by atoms with Crippen LogP contribution in [0.4, 0.5) is 26.3 Å². The quantitative estimate of drug-likeness (QED) is 0.617. The van der Waals surface area contributed by atoms with E-state index >= 15 is 0 Å². The summed E-state index contributed by atoms with van der Waals surface area (Å²) < 4.78 is 82.5. The van der Waals surface area contributed by atoms with Gasteiger partial charge in [-0.25, -0.2) is 13.2 Å². The summed E-state index contributed by atoms with van der Waals surface area (Å²) in [6.07, 6.45) is -4.35. The molecule has 2 aromatic carbocycles. The summed E-state index contributed by atoms with van der Waals surface area (Å²) >= 11 is 0.